The second kappa shape index (κ2) is 11.4. The van der Waals surface area contributed by atoms with Gasteiger partial charge >= 0.3 is 5.97 Å². The molecule has 0 bridgehead atoms. The third-order valence-corrected chi connectivity index (χ3v) is 8.08. The highest BCUT2D eigenvalue weighted by Gasteiger charge is 2.43. The molecule has 7 nitrogen and oxygen atoms in total. The Balaban J connectivity index is 1.28. The molecule has 206 valence electrons. The minimum Gasteiger partial charge on any atom is -0.465 e. The maximum atomic E-state index is 13.3. The normalized spacial score (nSPS) is 17.3. The number of hydrogen-bond acceptors (Lipinski definition) is 5. The van der Waals surface area contributed by atoms with E-state index in [0.717, 1.165) is 34.2 Å². The van der Waals surface area contributed by atoms with Gasteiger partial charge in [0.15, 0.2) is 0 Å². The van der Waals surface area contributed by atoms with Gasteiger partial charge in [-0.2, -0.15) is 0 Å². The van der Waals surface area contributed by atoms with Crippen LogP contribution in [-0.4, -0.2) is 41.3 Å². The summed E-state index contributed by atoms with van der Waals surface area (Å²) in [7, 11) is 1.37. The van der Waals surface area contributed by atoms with Crippen LogP contribution in [0.25, 0.3) is 11.1 Å². The third kappa shape index (κ3) is 5.48. The lowest BCUT2D eigenvalue weighted by atomic mass is 9.87. The average molecular weight is 546 g/mol. The van der Waals surface area contributed by atoms with Gasteiger partial charge in [-0.3, -0.25) is 14.6 Å². The van der Waals surface area contributed by atoms with Crippen LogP contribution in [0.4, 0.5) is 0 Å². The molecular formula is C34H31N3O4. The second-order valence-electron chi connectivity index (χ2n) is 10.6. The molecule has 2 heterocycles. The predicted molar refractivity (Wildman–Crippen MR) is 155 cm³/mol. The van der Waals surface area contributed by atoms with Gasteiger partial charge in [0, 0.05) is 31.7 Å². The SMILES string of the molecule is COC(=O)c1cccc(-c2ccc(CNC(=O)C3CC3c3ccccc3)c3c2CCN(C(=O)c2ccccn2)C3)c1. The number of pyridine rings is 1. The number of rotatable bonds is 7. The number of nitrogens with one attached hydrogen (secondary N) is 1. The molecule has 0 spiro atoms. The zero-order chi connectivity index (χ0) is 28.3. The summed E-state index contributed by atoms with van der Waals surface area (Å²) in [5.41, 5.74) is 7.15. The van der Waals surface area contributed by atoms with Crippen LogP contribution in [0.5, 0.6) is 0 Å². The van der Waals surface area contributed by atoms with Crippen LogP contribution in [0.3, 0.4) is 0 Å². The zero-order valence-corrected chi connectivity index (χ0v) is 22.9. The molecule has 2 atom stereocenters. The highest BCUT2D eigenvalue weighted by molar-refractivity contribution is 5.93. The Morgan fingerprint density at radius 2 is 1.78 bits per heavy atom. The van der Waals surface area contributed by atoms with Crippen molar-refractivity contribution in [3.63, 3.8) is 0 Å². The van der Waals surface area contributed by atoms with Gasteiger partial charge < -0.3 is 15.0 Å². The first-order chi connectivity index (χ1) is 20.0. The van der Waals surface area contributed by atoms with Gasteiger partial charge in [0.05, 0.1) is 12.7 Å². The Kier molecular flexibility index (Phi) is 7.33. The van der Waals surface area contributed by atoms with Gasteiger partial charge in [0.2, 0.25) is 5.91 Å². The molecule has 6 rings (SSSR count). The number of ether oxygens (including phenoxy) is 1. The molecule has 0 radical (unpaired) electrons. The van der Waals surface area contributed by atoms with E-state index in [-0.39, 0.29) is 29.6 Å². The molecule has 1 aliphatic heterocycles. The van der Waals surface area contributed by atoms with Gasteiger partial charge in [0.1, 0.15) is 5.69 Å². The van der Waals surface area contributed by atoms with Crippen molar-refractivity contribution in [2.24, 2.45) is 5.92 Å². The number of fused-ring (bicyclic) bond motifs is 1. The van der Waals surface area contributed by atoms with Gasteiger partial charge in [-0.05, 0) is 76.4 Å². The fourth-order valence-electron chi connectivity index (χ4n) is 5.80. The smallest absolute Gasteiger partial charge is 0.337 e. The lowest BCUT2D eigenvalue weighted by molar-refractivity contribution is -0.122. The summed E-state index contributed by atoms with van der Waals surface area (Å²) in [5.74, 6) is -0.203. The largest absolute Gasteiger partial charge is 0.465 e. The van der Waals surface area contributed by atoms with Crippen LogP contribution >= 0.6 is 0 Å². The van der Waals surface area contributed by atoms with Crippen LogP contribution in [0.1, 0.15) is 55.4 Å². The van der Waals surface area contributed by atoms with E-state index >= 15 is 0 Å². The van der Waals surface area contributed by atoms with Gasteiger partial charge in [-0.25, -0.2) is 4.79 Å². The molecule has 0 saturated heterocycles. The standard InChI is InChI=1S/C34H31N3O4/c1-41-34(40)24-11-7-10-23(18-24)26-14-13-25(20-36-32(38)29-19-28(29)22-8-3-2-4-9-22)30-21-37(17-15-27(26)30)33(39)31-12-5-6-16-35-31/h2-14,16,18,28-29H,15,17,19-21H2,1H3,(H,36,38). The second-order valence-corrected chi connectivity index (χ2v) is 10.6. The molecule has 1 saturated carbocycles. The van der Waals surface area contributed by atoms with E-state index in [2.05, 4.69) is 28.5 Å². The number of carbonyl (C=O) groups is 3. The Hall–Kier alpha value is -4.78. The van der Waals surface area contributed by atoms with Crippen LogP contribution in [0.15, 0.2) is 91.1 Å². The quantitative estimate of drug-likeness (QED) is 0.325. The van der Waals surface area contributed by atoms with Crippen LogP contribution in [-0.2, 0) is 29.0 Å². The molecule has 2 unspecified atom stereocenters. The fourth-order valence-corrected chi connectivity index (χ4v) is 5.80. The van der Waals surface area contributed by atoms with Gasteiger partial charge in [-0.15, -0.1) is 0 Å². The van der Waals surface area contributed by atoms with E-state index in [9.17, 15) is 14.4 Å². The molecule has 2 amide bonds. The minimum atomic E-state index is -0.388. The Bertz CT molecular complexity index is 1600. The Morgan fingerprint density at radius 1 is 0.951 bits per heavy atom. The van der Waals surface area contributed by atoms with Crippen LogP contribution in [0.2, 0.25) is 0 Å². The molecule has 4 aromatic rings. The summed E-state index contributed by atoms with van der Waals surface area (Å²) in [4.78, 5) is 44.7. The number of amides is 2. The zero-order valence-electron chi connectivity index (χ0n) is 22.9. The molecule has 1 aliphatic carbocycles. The van der Waals surface area contributed by atoms with Crippen molar-refractivity contribution in [1.82, 2.24) is 15.2 Å². The third-order valence-electron chi connectivity index (χ3n) is 8.08. The van der Waals surface area contributed by atoms with E-state index in [1.807, 2.05) is 53.4 Å². The van der Waals surface area contributed by atoms with E-state index in [0.29, 0.717) is 37.3 Å². The van der Waals surface area contributed by atoms with Crippen molar-refractivity contribution in [2.75, 3.05) is 13.7 Å². The number of carbonyl (C=O) groups excluding carboxylic acids is 3. The van der Waals surface area contributed by atoms with Gasteiger partial charge in [0.25, 0.3) is 5.91 Å². The first-order valence-corrected chi connectivity index (χ1v) is 13.9. The van der Waals surface area contributed by atoms with Gasteiger partial charge in [-0.1, -0.05) is 60.7 Å². The topological polar surface area (TPSA) is 88.6 Å². The number of methoxy groups -OCH3 is 1. The first kappa shape index (κ1) is 26.4. The summed E-state index contributed by atoms with van der Waals surface area (Å²) in [5, 5.41) is 3.16. The maximum Gasteiger partial charge on any atom is 0.337 e. The lowest BCUT2D eigenvalue weighted by Gasteiger charge is -2.32. The first-order valence-electron chi connectivity index (χ1n) is 13.9. The van der Waals surface area contributed by atoms with E-state index in [1.54, 1.807) is 24.4 Å². The number of nitrogens with zero attached hydrogens (tertiary/aromatic N) is 2. The minimum absolute atomic E-state index is 0.0178. The number of hydrogen-bond donors (Lipinski definition) is 1. The monoisotopic (exact) mass is 545 g/mol. The summed E-state index contributed by atoms with van der Waals surface area (Å²) in [6, 6.07) is 27.0. The summed E-state index contributed by atoms with van der Waals surface area (Å²) in [6.07, 6.45) is 3.13. The lowest BCUT2D eigenvalue weighted by Crippen LogP contribution is -2.37. The number of benzene rings is 3. The Labute approximate surface area is 239 Å². The van der Waals surface area contributed by atoms with E-state index in [1.165, 1.54) is 12.7 Å². The van der Waals surface area contributed by atoms with Crippen molar-refractivity contribution in [3.8, 4) is 11.1 Å². The summed E-state index contributed by atoms with van der Waals surface area (Å²) < 4.78 is 4.93. The highest BCUT2D eigenvalue weighted by atomic mass is 16.5. The fraction of sp³-hybridized carbons (Fsp3) is 0.235. The van der Waals surface area contributed by atoms with Crippen LogP contribution in [0, 0.1) is 5.92 Å². The molecular weight excluding hydrogens is 514 g/mol. The van der Waals surface area contributed by atoms with Crippen molar-refractivity contribution in [1.29, 1.82) is 0 Å². The van der Waals surface area contributed by atoms with Crippen molar-refractivity contribution in [2.45, 2.75) is 31.8 Å². The van der Waals surface area contributed by atoms with Crippen molar-refractivity contribution in [3.05, 3.63) is 125 Å². The molecule has 1 fully saturated rings. The molecule has 41 heavy (non-hydrogen) atoms. The summed E-state index contributed by atoms with van der Waals surface area (Å²) in [6.45, 7) is 1.34. The van der Waals surface area contributed by atoms with E-state index < -0.39 is 0 Å². The molecule has 1 aromatic heterocycles. The number of esters is 1. The average Bonchev–Trinajstić information content (AvgIpc) is 3.85. The van der Waals surface area contributed by atoms with Crippen molar-refractivity contribution >= 4 is 17.8 Å². The summed E-state index contributed by atoms with van der Waals surface area (Å²) >= 11 is 0. The highest BCUT2D eigenvalue weighted by Crippen LogP contribution is 2.47. The molecule has 1 N–H and O–H groups in total. The van der Waals surface area contributed by atoms with Crippen LogP contribution < -0.4 is 5.32 Å². The predicted octanol–water partition coefficient (Wildman–Crippen LogP) is 5.15. The van der Waals surface area contributed by atoms with Crippen molar-refractivity contribution < 1.29 is 19.1 Å². The molecule has 7 heteroatoms. The number of aromatic nitrogens is 1. The molecule has 2 aliphatic rings. The maximum absolute atomic E-state index is 13.3. The Morgan fingerprint density at radius 3 is 2.56 bits per heavy atom. The van der Waals surface area contributed by atoms with E-state index in [4.69, 9.17) is 4.74 Å². The molecule has 3 aromatic carbocycles.